The third-order valence-corrected chi connectivity index (χ3v) is 5.30. The Kier molecular flexibility index (Phi) is 3.73. The van der Waals surface area contributed by atoms with Gasteiger partial charge in [-0.1, -0.05) is 52.6 Å². The van der Waals surface area contributed by atoms with E-state index < -0.39 is 0 Å². The quantitative estimate of drug-likeness (QED) is 0.794. The number of fused-ring (bicyclic) bond motifs is 1. The number of rotatable bonds is 2. The van der Waals surface area contributed by atoms with Crippen LogP contribution in [0.4, 0.5) is 0 Å². The maximum absolute atomic E-state index is 3.77. The van der Waals surface area contributed by atoms with E-state index in [2.05, 4.69) is 70.9 Å². The van der Waals surface area contributed by atoms with Crippen LogP contribution in [0.3, 0.4) is 0 Å². The molecule has 0 radical (unpaired) electrons. The van der Waals surface area contributed by atoms with Gasteiger partial charge in [0.05, 0.1) is 0 Å². The first-order valence-corrected chi connectivity index (χ1v) is 7.69. The van der Waals surface area contributed by atoms with Crippen molar-refractivity contribution in [2.75, 3.05) is 6.54 Å². The SMILES string of the molecule is CCNC1CC(C)(C)c2c(Br)cc(C)c(Br)c21. The first-order valence-electron chi connectivity index (χ1n) is 6.11. The molecule has 0 bridgehead atoms. The zero-order valence-corrected chi connectivity index (χ0v) is 14.0. The third-order valence-electron chi connectivity index (χ3n) is 3.62. The molecule has 0 heterocycles. The topological polar surface area (TPSA) is 12.0 Å². The fourth-order valence-corrected chi connectivity index (χ4v) is 4.61. The summed E-state index contributed by atoms with van der Waals surface area (Å²) in [6, 6.07) is 2.69. The summed E-state index contributed by atoms with van der Waals surface area (Å²) >= 11 is 7.50. The van der Waals surface area contributed by atoms with Crippen LogP contribution in [-0.4, -0.2) is 6.54 Å². The molecule has 1 aromatic rings. The van der Waals surface area contributed by atoms with E-state index in [1.807, 2.05) is 0 Å². The summed E-state index contributed by atoms with van der Waals surface area (Å²) in [6.07, 6.45) is 1.16. The van der Waals surface area contributed by atoms with E-state index in [4.69, 9.17) is 0 Å². The smallest absolute Gasteiger partial charge is 0.0343 e. The Hall–Kier alpha value is 0.140. The fraction of sp³-hybridized carbons (Fsp3) is 0.571. The van der Waals surface area contributed by atoms with E-state index in [0.29, 0.717) is 6.04 Å². The largest absolute Gasteiger partial charge is 0.310 e. The first kappa shape index (κ1) is 13.6. The molecule has 2 rings (SSSR count). The Morgan fingerprint density at radius 2 is 2.06 bits per heavy atom. The normalized spacial score (nSPS) is 21.6. The zero-order chi connectivity index (χ0) is 12.8. The van der Waals surface area contributed by atoms with Crippen LogP contribution in [0.2, 0.25) is 0 Å². The second-order valence-electron chi connectivity index (χ2n) is 5.48. The number of hydrogen-bond acceptors (Lipinski definition) is 1. The van der Waals surface area contributed by atoms with Crippen LogP contribution < -0.4 is 5.32 Å². The molecule has 1 unspecified atom stereocenters. The number of hydrogen-bond donors (Lipinski definition) is 1. The van der Waals surface area contributed by atoms with Crippen LogP contribution in [0.5, 0.6) is 0 Å². The molecule has 0 saturated carbocycles. The van der Waals surface area contributed by atoms with Gasteiger partial charge in [-0.3, -0.25) is 0 Å². The van der Waals surface area contributed by atoms with Crippen molar-refractivity contribution in [2.45, 2.75) is 45.6 Å². The number of nitrogens with one attached hydrogen (secondary N) is 1. The lowest BCUT2D eigenvalue weighted by Gasteiger charge is -2.21. The highest BCUT2D eigenvalue weighted by molar-refractivity contribution is 9.11. The second-order valence-corrected chi connectivity index (χ2v) is 7.12. The summed E-state index contributed by atoms with van der Waals surface area (Å²) in [5, 5.41) is 3.60. The Morgan fingerprint density at radius 1 is 1.41 bits per heavy atom. The van der Waals surface area contributed by atoms with Crippen LogP contribution in [0.1, 0.15) is 49.9 Å². The van der Waals surface area contributed by atoms with Gasteiger partial charge in [-0.2, -0.15) is 0 Å². The van der Waals surface area contributed by atoms with Crippen LogP contribution in [-0.2, 0) is 5.41 Å². The standard InChI is InChI=1S/C14H19Br2N/c1-5-17-10-7-14(3,4)12-9(15)6-8(2)13(16)11(10)12/h6,10,17H,5,7H2,1-4H3. The lowest BCUT2D eigenvalue weighted by atomic mass is 9.86. The summed E-state index contributed by atoms with van der Waals surface area (Å²) in [5.41, 5.74) is 4.44. The van der Waals surface area contributed by atoms with Crippen molar-refractivity contribution >= 4 is 31.9 Å². The minimum Gasteiger partial charge on any atom is -0.310 e. The van der Waals surface area contributed by atoms with E-state index in [9.17, 15) is 0 Å². The van der Waals surface area contributed by atoms with E-state index in [1.54, 1.807) is 0 Å². The molecule has 0 amide bonds. The molecule has 0 aliphatic heterocycles. The minimum atomic E-state index is 0.233. The second kappa shape index (κ2) is 4.67. The predicted molar refractivity (Wildman–Crippen MR) is 80.6 cm³/mol. The van der Waals surface area contributed by atoms with Crippen LogP contribution in [0.15, 0.2) is 15.0 Å². The van der Waals surface area contributed by atoms with Crippen molar-refractivity contribution < 1.29 is 0 Å². The van der Waals surface area contributed by atoms with E-state index in [-0.39, 0.29) is 5.41 Å². The van der Waals surface area contributed by atoms with Crippen LogP contribution in [0.25, 0.3) is 0 Å². The highest BCUT2D eigenvalue weighted by Crippen LogP contribution is 2.51. The van der Waals surface area contributed by atoms with Crippen LogP contribution >= 0.6 is 31.9 Å². The van der Waals surface area contributed by atoms with Gasteiger partial charge in [0, 0.05) is 15.0 Å². The monoisotopic (exact) mass is 359 g/mol. The van der Waals surface area contributed by atoms with E-state index in [0.717, 1.165) is 13.0 Å². The van der Waals surface area contributed by atoms with Gasteiger partial charge in [-0.25, -0.2) is 0 Å². The molecular weight excluding hydrogens is 342 g/mol. The van der Waals surface area contributed by atoms with Crippen molar-refractivity contribution in [3.63, 3.8) is 0 Å². The van der Waals surface area contributed by atoms with Crippen molar-refractivity contribution in [1.82, 2.24) is 5.32 Å². The molecule has 0 aromatic heterocycles. The average molecular weight is 361 g/mol. The highest BCUT2D eigenvalue weighted by Gasteiger charge is 2.39. The molecule has 1 aromatic carbocycles. The van der Waals surface area contributed by atoms with Crippen molar-refractivity contribution in [3.8, 4) is 0 Å². The summed E-state index contributed by atoms with van der Waals surface area (Å²) in [5.74, 6) is 0. The molecule has 1 nitrogen and oxygen atoms in total. The van der Waals surface area contributed by atoms with Gasteiger partial charge in [0.2, 0.25) is 0 Å². The molecule has 1 N–H and O–H groups in total. The van der Waals surface area contributed by atoms with Gasteiger partial charge in [0.25, 0.3) is 0 Å². The Labute approximate surface area is 121 Å². The van der Waals surface area contributed by atoms with Gasteiger partial charge < -0.3 is 5.32 Å². The molecule has 0 saturated heterocycles. The summed E-state index contributed by atoms with van der Waals surface area (Å²) in [4.78, 5) is 0. The van der Waals surface area contributed by atoms with Crippen molar-refractivity contribution in [2.24, 2.45) is 0 Å². The lowest BCUT2D eigenvalue weighted by Crippen LogP contribution is -2.21. The Morgan fingerprint density at radius 3 is 2.65 bits per heavy atom. The maximum atomic E-state index is 3.77. The minimum absolute atomic E-state index is 0.233. The molecule has 0 spiro atoms. The van der Waals surface area contributed by atoms with Gasteiger partial charge in [-0.15, -0.1) is 0 Å². The molecular formula is C14H19Br2N. The third kappa shape index (κ3) is 2.22. The summed E-state index contributed by atoms with van der Waals surface area (Å²) in [7, 11) is 0. The van der Waals surface area contributed by atoms with Gasteiger partial charge in [0.1, 0.15) is 0 Å². The average Bonchev–Trinajstić information content (AvgIpc) is 2.47. The van der Waals surface area contributed by atoms with Crippen molar-refractivity contribution in [3.05, 3.63) is 31.7 Å². The Bertz CT molecular complexity index is 452. The molecule has 1 aliphatic rings. The first-order chi connectivity index (χ1) is 7.88. The number of aryl methyl sites for hydroxylation is 1. The number of benzene rings is 1. The summed E-state index contributed by atoms with van der Waals surface area (Å²) in [6.45, 7) is 10.00. The predicted octanol–water partition coefficient (Wildman–Crippen LogP) is 4.85. The van der Waals surface area contributed by atoms with Crippen LogP contribution in [0, 0.1) is 6.92 Å². The van der Waals surface area contributed by atoms with E-state index >= 15 is 0 Å². The van der Waals surface area contributed by atoms with Gasteiger partial charge >= 0.3 is 0 Å². The van der Waals surface area contributed by atoms with Gasteiger partial charge in [-0.05, 0) is 48.1 Å². The highest BCUT2D eigenvalue weighted by atomic mass is 79.9. The van der Waals surface area contributed by atoms with Crippen molar-refractivity contribution in [1.29, 1.82) is 0 Å². The Balaban J connectivity index is 2.65. The molecule has 94 valence electrons. The molecule has 1 aliphatic carbocycles. The lowest BCUT2D eigenvalue weighted by molar-refractivity contribution is 0.433. The maximum Gasteiger partial charge on any atom is 0.0343 e. The summed E-state index contributed by atoms with van der Waals surface area (Å²) < 4.78 is 2.52. The molecule has 3 heteroatoms. The fourth-order valence-electron chi connectivity index (χ4n) is 2.93. The van der Waals surface area contributed by atoms with Gasteiger partial charge in [0.15, 0.2) is 0 Å². The number of halogens is 2. The molecule has 0 fully saturated rings. The van der Waals surface area contributed by atoms with E-state index in [1.165, 1.54) is 25.6 Å². The molecule has 1 atom stereocenters. The zero-order valence-electron chi connectivity index (χ0n) is 10.8. The molecule has 17 heavy (non-hydrogen) atoms.